The van der Waals surface area contributed by atoms with E-state index in [1.54, 1.807) is 24.3 Å². The van der Waals surface area contributed by atoms with Crippen LogP contribution in [0, 0.1) is 47.4 Å². The van der Waals surface area contributed by atoms with E-state index in [2.05, 4.69) is 47.4 Å². The summed E-state index contributed by atoms with van der Waals surface area (Å²) in [5.74, 6) is 25.3. The Morgan fingerprint density at radius 1 is 0.621 bits per heavy atom. The molecule has 29 heavy (non-hydrogen) atoms. The van der Waals surface area contributed by atoms with Gasteiger partial charge in [0.15, 0.2) is 0 Å². The van der Waals surface area contributed by atoms with Crippen LogP contribution in [0.2, 0.25) is 0 Å². The predicted molar refractivity (Wildman–Crippen MR) is 119 cm³/mol. The largest absolute Gasteiger partial charge is 0.461 e. The molecule has 0 N–H and O–H groups in total. The molecular formula is C27H20O2. The molecule has 0 aromatic carbocycles. The first-order valence-electron chi connectivity index (χ1n) is 9.07. The van der Waals surface area contributed by atoms with Gasteiger partial charge >= 0.3 is 0 Å². The van der Waals surface area contributed by atoms with Crippen molar-refractivity contribution >= 4 is 12.2 Å². The minimum atomic E-state index is 0.572. The Balaban J connectivity index is 1.89. The van der Waals surface area contributed by atoms with Gasteiger partial charge in [-0.25, -0.2) is 0 Å². The summed E-state index contributed by atoms with van der Waals surface area (Å²) >= 11 is 0. The van der Waals surface area contributed by atoms with Crippen molar-refractivity contribution in [2.24, 2.45) is 0 Å². The summed E-state index contributed by atoms with van der Waals surface area (Å²) in [6, 6.07) is 7.64. The standard InChI is InChI=1S/C27H20O2/c1-3-5-7-9-11-13-15-17-24-19-21-26(28-24)23-27-22-20-25(29-27)18-16-14-12-10-8-6-4-2/h3-6,15-22H,23H2,1-2H3/b5-3+,6-4+,17-15+,18-16+. The summed E-state index contributed by atoms with van der Waals surface area (Å²) in [5, 5.41) is 0. The summed E-state index contributed by atoms with van der Waals surface area (Å²) < 4.78 is 11.5. The first-order chi connectivity index (χ1) is 14.3. The van der Waals surface area contributed by atoms with Crippen molar-refractivity contribution in [1.82, 2.24) is 0 Å². The van der Waals surface area contributed by atoms with E-state index in [4.69, 9.17) is 8.83 Å². The number of hydrogen-bond donors (Lipinski definition) is 0. The maximum atomic E-state index is 5.76. The van der Waals surface area contributed by atoms with Crippen molar-refractivity contribution in [2.45, 2.75) is 20.3 Å². The van der Waals surface area contributed by atoms with Gasteiger partial charge in [-0.2, -0.15) is 0 Å². The first kappa shape index (κ1) is 21.1. The molecule has 0 aliphatic rings. The Kier molecular flexibility index (Phi) is 9.45. The van der Waals surface area contributed by atoms with Crippen LogP contribution < -0.4 is 0 Å². The minimum Gasteiger partial charge on any atom is -0.461 e. The molecule has 0 spiro atoms. The normalized spacial score (nSPS) is 10.3. The lowest BCUT2D eigenvalue weighted by atomic mass is 10.2. The second-order valence-electron chi connectivity index (χ2n) is 5.53. The van der Waals surface area contributed by atoms with E-state index in [-0.39, 0.29) is 0 Å². The van der Waals surface area contributed by atoms with Gasteiger partial charge in [0.1, 0.15) is 23.0 Å². The molecule has 2 aromatic rings. The van der Waals surface area contributed by atoms with Crippen molar-refractivity contribution in [2.75, 3.05) is 0 Å². The number of furan rings is 2. The van der Waals surface area contributed by atoms with E-state index >= 15 is 0 Å². The van der Waals surface area contributed by atoms with E-state index in [1.807, 2.05) is 62.4 Å². The average Bonchev–Trinajstić information content (AvgIpc) is 3.36. The molecule has 2 nitrogen and oxygen atoms in total. The lowest BCUT2D eigenvalue weighted by Gasteiger charge is -1.92. The van der Waals surface area contributed by atoms with Crippen LogP contribution in [0.25, 0.3) is 12.2 Å². The Morgan fingerprint density at radius 3 is 1.45 bits per heavy atom. The molecule has 0 radical (unpaired) electrons. The monoisotopic (exact) mass is 376 g/mol. The summed E-state index contributed by atoms with van der Waals surface area (Å²) in [5.41, 5.74) is 0. The highest BCUT2D eigenvalue weighted by Gasteiger charge is 2.05. The third kappa shape index (κ3) is 8.80. The van der Waals surface area contributed by atoms with Crippen LogP contribution in [0.1, 0.15) is 36.9 Å². The zero-order valence-corrected chi connectivity index (χ0v) is 16.5. The van der Waals surface area contributed by atoms with Crippen molar-refractivity contribution < 1.29 is 8.83 Å². The topological polar surface area (TPSA) is 26.3 Å². The molecule has 2 rings (SSSR count). The van der Waals surface area contributed by atoms with Crippen LogP contribution in [0.3, 0.4) is 0 Å². The van der Waals surface area contributed by atoms with E-state index in [9.17, 15) is 0 Å². The van der Waals surface area contributed by atoms with Gasteiger partial charge in [-0.3, -0.25) is 0 Å². The summed E-state index contributed by atoms with van der Waals surface area (Å²) in [6.45, 7) is 3.82. The third-order valence-electron chi connectivity index (χ3n) is 3.29. The Morgan fingerprint density at radius 2 is 1.03 bits per heavy atom. The minimum absolute atomic E-state index is 0.572. The van der Waals surface area contributed by atoms with Crippen molar-refractivity contribution in [3.05, 3.63) is 83.8 Å². The molecule has 2 heteroatoms. The predicted octanol–water partition coefficient (Wildman–Crippen LogP) is 5.66. The molecule has 0 bridgehead atoms. The molecular weight excluding hydrogens is 356 g/mol. The van der Waals surface area contributed by atoms with Crippen LogP contribution in [0.15, 0.2) is 69.6 Å². The van der Waals surface area contributed by atoms with Gasteiger partial charge in [-0.05, 0) is 98.3 Å². The second-order valence-corrected chi connectivity index (χ2v) is 5.53. The van der Waals surface area contributed by atoms with Crippen LogP contribution in [-0.4, -0.2) is 0 Å². The molecule has 0 saturated carbocycles. The molecule has 0 unspecified atom stereocenters. The summed E-state index contributed by atoms with van der Waals surface area (Å²) in [7, 11) is 0. The maximum absolute atomic E-state index is 5.76. The maximum Gasteiger partial charge on any atom is 0.127 e. The fourth-order valence-corrected chi connectivity index (χ4v) is 2.06. The van der Waals surface area contributed by atoms with Crippen LogP contribution in [-0.2, 0) is 6.42 Å². The van der Waals surface area contributed by atoms with Gasteiger partial charge in [0.25, 0.3) is 0 Å². The van der Waals surface area contributed by atoms with Gasteiger partial charge in [0.2, 0.25) is 0 Å². The van der Waals surface area contributed by atoms with Crippen molar-refractivity contribution in [3.8, 4) is 47.4 Å². The van der Waals surface area contributed by atoms with E-state index in [0.29, 0.717) is 6.42 Å². The highest BCUT2D eigenvalue weighted by molar-refractivity contribution is 5.50. The van der Waals surface area contributed by atoms with Gasteiger partial charge in [-0.1, -0.05) is 35.8 Å². The summed E-state index contributed by atoms with van der Waals surface area (Å²) in [4.78, 5) is 0. The highest BCUT2D eigenvalue weighted by atomic mass is 16.4. The Labute approximate surface area is 172 Å². The van der Waals surface area contributed by atoms with E-state index in [1.165, 1.54) is 0 Å². The molecule has 0 atom stereocenters. The molecule has 0 saturated heterocycles. The lowest BCUT2D eigenvalue weighted by molar-refractivity contribution is 0.467. The average molecular weight is 376 g/mol. The van der Waals surface area contributed by atoms with Crippen molar-refractivity contribution in [1.29, 1.82) is 0 Å². The lowest BCUT2D eigenvalue weighted by Crippen LogP contribution is -1.80. The smallest absolute Gasteiger partial charge is 0.127 e. The second kappa shape index (κ2) is 13.0. The van der Waals surface area contributed by atoms with Crippen molar-refractivity contribution in [3.63, 3.8) is 0 Å². The Bertz CT molecular complexity index is 1070. The van der Waals surface area contributed by atoms with Crippen LogP contribution in [0.5, 0.6) is 0 Å². The van der Waals surface area contributed by atoms with Gasteiger partial charge in [0, 0.05) is 0 Å². The fourth-order valence-electron chi connectivity index (χ4n) is 2.06. The van der Waals surface area contributed by atoms with E-state index in [0.717, 1.165) is 23.0 Å². The Hall–Kier alpha value is -4.24. The molecule has 0 fully saturated rings. The third-order valence-corrected chi connectivity index (χ3v) is 3.29. The first-order valence-corrected chi connectivity index (χ1v) is 9.07. The zero-order valence-electron chi connectivity index (χ0n) is 16.5. The summed E-state index contributed by atoms with van der Waals surface area (Å²) in [6.07, 6.45) is 14.9. The molecule has 0 aliphatic carbocycles. The molecule has 140 valence electrons. The molecule has 2 heterocycles. The molecule has 2 aromatic heterocycles. The van der Waals surface area contributed by atoms with E-state index < -0.39 is 0 Å². The quantitative estimate of drug-likeness (QED) is 0.644. The number of rotatable bonds is 4. The molecule has 0 aliphatic heterocycles. The zero-order chi connectivity index (χ0) is 20.6. The van der Waals surface area contributed by atoms with Gasteiger partial charge in [0.05, 0.1) is 6.42 Å². The SMILES string of the molecule is C/C=C/C#CC#C/C=C/c1ccc(Cc2ccc(/C=C/C#CC#C/C=C/C)o2)o1. The fraction of sp³-hybridized carbons (Fsp3) is 0.111. The molecule has 0 amide bonds. The van der Waals surface area contributed by atoms with Crippen LogP contribution >= 0.6 is 0 Å². The number of hydrogen-bond acceptors (Lipinski definition) is 2. The number of allylic oxidation sites excluding steroid dienone is 6. The van der Waals surface area contributed by atoms with Crippen LogP contribution in [0.4, 0.5) is 0 Å². The highest BCUT2D eigenvalue weighted by Crippen LogP contribution is 2.17. The van der Waals surface area contributed by atoms with Gasteiger partial charge in [-0.15, -0.1) is 0 Å². The van der Waals surface area contributed by atoms with Gasteiger partial charge < -0.3 is 8.83 Å².